The Labute approximate surface area is 249 Å². The minimum Gasteiger partial charge on any atom is -0.497 e. The van der Waals surface area contributed by atoms with Crippen molar-refractivity contribution in [3.63, 3.8) is 0 Å². The third-order valence-electron chi connectivity index (χ3n) is 7.50. The second kappa shape index (κ2) is 13.4. The number of anilines is 1. The number of nitrogens with two attached hydrogens (primary N) is 1. The molecule has 1 aliphatic heterocycles. The van der Waals surface area contributed by atoms with Crippen LogP contribution in [0.1, 0.15) is 22.9 Å². The van der Waals surface area contributed by atoms with Crippen LogP contribution < -0.4 is 20.9 Å². The fraction of sp³-hybridized carbons (Fsp3) is 0.312. The van der Waals surface area contributed by atoms with Crippen LogP contribution in [0, 0.1) is 0 Å². The maximum atomic E-state index is 12.5. The molecule has 4 atom stereocenters. The van der Waals surface area contributed by atoms with E-state index in [2.05, 4.69) is 4.98 Å². The number of methoxy groups -OCH3 is 2. The van der Waals surface area contributed by atoms with Gasteiger partial charge >= 0.3 is 5.69 Å². The number of benzene rings is 3. The number of nitrogens with zero attached hydrogens (tertiary/aromatic N) is 2. The largest absolute Gasteiger partial charge is 0.497 e. The number of hydrogen-bond donors (Lipinski definition) is 3. The predicted octanol–water partition coefficient (Wildman–Crippen LogP) is 2.49. The van der Waals surface area contributed by atoms with Crippen LogP contribution in [0.15, 0.2) is 95.9 Å². The molecule has 5 rings (SSSR count). The zero-order valence-electron chi connectivity index (χ0n) is 23.9. The van der Waals surface area contributed by atoms with Crippen molar-refractivity contribution in [1.29, 1.82) is 0 Å². The number of aliphatic hydroxyl groups is 2. The van der Waals surface area contributed by atoms with Gasteiger partial charge in [-0.1, -0.05) is 54.6 Å². The van der Waals surface area contributed by atoms with Crippen molar-refractivity contribution in [1.82, 2.24) is 9.55 Å². The van der Waals surface area contributed by atoms with Crippen molar-refractivity contribution in [3.05, 3.63) is 118 Å². The molecular formula is C32H35N3O8. The van der Waals surface area contributed by atoms with Crippen LogP contribution in [0.25, 0.3) is 0 Å². The first-order chi connectivity index (χ1) is 20.9. The first kappa shape index (κ1) is 30.2. The summed E-state index contributed by atoms with van der Waals surface area (Å²) < 4.78 is 30.7. The second-order valence-corrected chi connectivity index (χ2v) is 9.97. The SMILES string of the molecule is COc1ccc(C(OCCOC2C(O)[C@@H](CO)O[C@H]2n2ccc(N)nc2=O)(c2ccccc2)c2ccc(OC)cc2)cc1. The molecule has 0 aliphatic carbocycles. The molecule has 4 aromatic rings. The maximum absolute atomic E-state index is 12.5. The Bertz CT molecular complexity index is 1480. The molecule has 1 aromatic heterocycles. The summed E-state index contributed by atoms with van der Waals surface area (Å²) in [4.78, 5) is 16.3. The number of ether oxygens (including phenoxy) is 5. The maximum Gasteiger partial charge on any atom is 0.351 e. The Kier molecular flexibility index (Phi) is 9.39. The molecule has 2 unspecified atom stereocenters. The van der Waals surface area contributed by atoms with Crippen LogP contribution >= 0.6 is 0 Å². The van der Waals surface area contributed by atoms with Gasteiger partial charge in [0.25, 0.3) is 0 Å². The van der Waals surface area contributed by atoms with Crippen LogP contribution in [-0.2, 0) is 19.8 Å². The van der Waals surface area contributed by atoms with Crippen LogP contribution in [0.5, 0.6) is 11.5 Å². The number of aliphatic hydroxyl groups excluding tert-OH is 2. The van der Waals surface area contributed by atoms with Gasteiger partial charge in [-0.25, -0.2) is 4.79 Å². The smallest absolute Gasteiger partial charge is 0.351 e. The Morgan fingerprint density at radius 1 is 0.884 bits per heavy atom. The third-order valence-corrected chi connectivity index (χ3v) is 7.50. The van der Waals surface area contributed by atoms with Crippen LogP contribution in [0.3, 0.4) is 0 Å². The molecular weight excluding hydrogens is 554 g/mol. The van der Waals surface area contributed by atoms with Gasteiger partial charge < -0.3 is 39.6 Å². The summed E-state index contributed by atoms with van der Waals surface area (Å²) in [6.45, 7) is -0.351. The lowest BCUT2D eigenvalue weighted by Crippen LogP contribution is -2.39. The monoisotopic (exact) mass is 589 g/mol. The number of nitrogen functional groups attached to an aromatic ring is 1. The van der Waals surface area contributed by atoms with Gasteiger partial charge in [0, 0.05) is 6.20 Å². The standard InChI is InChI=1S/C32H35N3O8/c1-39-24-12-8-22(9-13-24)32(21-6-4-3-5-7-21,23-10-14-25(40-2)15-11-23)42-19-18-41-29-28(37)26(20-36)43-30(29)35-17-16-27(33)34-31(35)38/h3-17,26,28-30,36-37H,18-20H2,1-2H3,(H2,33,34,38)/t26-,28?,29?,30-/m1/s1. The van der Waals surface area contributed by atoms with E-state index in [1.165, 1.54) is 16.8 Å². The number of rotatable bonds is 12. The minimum atomic E-state index is -1.21. The Morgan fingerprint density at radius 3 is 2.00 bits per heavy atom. The minimum absolute atomic E-state index is 0.0256. The summed E-state index contributed by atoms with van der Waals surface area (Å²) in [5.74, 6) is 1.46. The average Bonchev–Trinajstić information content (AvgIpc) is 3.36. The molecule has 11 nitrogen and oxygen atoms in total. The first-order valence-corrected chi connectivity index (χ1v) is 13.8. The molecule has 3 aromatic carbocycles. The zero-order chi connectivity index (χ0) is 30.4. The molecule has 4 N–H and O–H groups in total. The lowest BCUT2D eigenvalue weighted by atomic mass is 9.80. The van der Waals surface area contributed by atoms with Gasteiger partial charge in [-0.3, -0.25) is 4.57 Å². The number of hydrogen-bond acceptors (Lipinski definition) is 10. The Morgan fingerprint density at radius 2 is 1.47 bits per heavy atom. The predicted molar refractivity (Wildman–Crippen MR) is 158 cm³/mol. The highest BCUT2D eigenvalue weighted by Crippen LogP contribution is 2.41. The van der Waals surface area contributed by atoms with Gasteiger partial charge in [-0.05, 0) is 47.0 Å². The zero-order valence-corrected chi connectivity index (χ0v) is 23.9. The van der Waals surface area contributed by atoms with E-state index in [4.69, 9.17) is 29.4 Å². The number of aromatic nitrogens is 2. The fourth-order valence-electron chi connectivity index (χ4n) is 5.35. The van der Waals surface area contributed by atoms with Gasteiger partial charge in [-0.15, -0.1) is 0 Å². The van der Waals surface area contributed by atoms with Crippen molar-refractivity contribution >= 4 is 5.82 Å². The fourth-order valence-corrected chi connectivity index (χ4v) is 5.35. The first-order valence-electron chi connectivity index (χ1n) is 13.8. The van der Waals surface area contributed by atoms with Crippen LogP contribution in [0.4, 0.5) is 5.82 Å². The average molecular weight is 590 g/mol. The van der Waals surface area contributed by atoms with Crippen LogP contribution in [0.2, 0.25) is 0 Å². The van der Waals surface area contributed by atoms with Crippen molar-refractivity contribution in [2.24, 2.45) is 0 Å². The summed E-state index contributed by atoms with van der Waals surface area (Å²) in [6, 6.07) is 26.6. The summed E-state index contributed by atoms with van der Waals surface area (Å²) in [5.41, 5.74) is 6.51. The summed E-state index contributed by atoms with van der Waals surface area (Å²) in [5, 5.41) is 20.6. The van der Waals surface area contributed by atoms with Gasteiger partial charge in [0.2, 0.25) is 0 Å². The molecule has 0 saturated carbocycles. The Hall–Kier alpha value is -4.26. The van der Waals surface area contributed by atoms with Crippen molar-refractivity contribution in [2.45, 2.75) is 30.1 Å². The highest BCUT2D eigenvalue weighted by atomic mass is 16.6. The molecule has 1 saturated heterocycles. The van der Waals surface area contributed by atoms with E-state index in [0.717, 1.165) is 16.7 Å². The normalized spacial score (nSPS) is 20.2. The highest BCUT2D eigenvalue weighted by Gasteiger charge is 2.46. The van der Waals surface area contributed by atoms with E-state index in [1.54, 1.807) is 14.2 Å². The topological polar surface area (TPSA) is 148 Å². The van der Waals surface area contributed by atoms with Gasteiger partial charge in [0.05, 0.1) is 34.0 Å². The van der Waals surface area contributed by atoms with Gasteiger partial charge in [-0.2, -0.15) is 4.98 Å². The van der Waals surface area contributed by atoms with E-state index >= 15 is 0 Å². The molecule has 1 fully saturated rings. The molecule has 43 heavy (non-hydrogen) atoms. The van der Waals surface area contributed by atoms with Crippen molar-refractivity contribution in [3.8, 4) is 11.5 Å². The lowest BCUT2D eigenvalue weighted by Gasteiger charge is -2.36. The van der Waals surface area contributed by atoms with Gasteiger partial charge in [0.15, 0.2) is 6.23 Å². The summed E-state index contributed by atoms with van der Waals surface area (Å²) in [7, 11) is 3.22. The van der Waals surface area contributed by atoms with E-state index < -0.39 is 42.4 Å². The summed E-state index contributed by atoms with van der Waals surface area (Å²) in [6.07, 6.45) is -2.77. The molecule has 0 bridgehead atoms. The van der Waals surface area contributed by atoms with E-state index in [0.29, 0.717) is 11.5 Å². The van der Waals surface area contributed by atoms with E-state index in [9.17, 15) is 15.0 Å². The van der Waals surface area contributed by atoms with Crippen molar-refractivity contribution in [2.75, 3.05) is 39.8 Å². The molecule has 11 heteroatoms. The highest BCUT2D eigenvalue weighted by molar-refractivity contribution is 5.49. The molecule has 2 heterocycles. The van der Waals surface area contributed by atoms with Crippen molar-refractivity contribution < 1.29 is 33.9 Å². The second-order valence-electron chi connectivity index (χ2n) is 9.97. The molecule has 0 amide bonds. The van der Waals surface area contributed by atoms with Gasteiger partial charge in [0.1, 0.15) is 41.2 Å². The quantitative estimate of drug-likeness (QED) is 0.166. The molecule has 0 spiro atoms. The summed E-state index contributed by atoms with van der Waals surface area (Å²) >= 11 is 0. The lowest BCUT2D eigenvalue weighted by molar-refractivity contribution is -0.0961. The Balaban J connectivity index is 1.46. The van der Waals surface area contributed by atoms with Crippen LogP contribution in [-0.4, -0.2) is 72.1 Å². The van der Waals surface area contributed by atoms with E-state index in [-0.39, 0.29) is 19.0 Å². The molecule has 1 aliphatic rings. The molecule has 226 valence electrons. The van der Waals surface area contributed by atoms with E-state index in [1.807, 2.05) is 78.9 Å². The third kappa shape index (κ3) is 6.12. The molecule has 0 radical (unpaired) electrons.